The molecule has 0 spiro atoms. The van der Waals surface area contributed by atoms with Gasteiger partial charge < -0.3 is 4.74 Å². The molecule has 0 heterocycles. The molecule has 0 radical (unpaired) electrons. The molecule has 0 saturated heterocycles. The van der Waals surface area contributed by atoms with E-state index in [1.807, 2.05) is 0 Å². The van der Waals surface area contributed by atoms with Crippen LogP contribution in [0.5, 0.6) is 0 Å². The van der Waals surface area contributed by atoms with Crippen molar-refractivity contribution in [1.29, 1.82) is 0 Å². The molecule has 0 fully saturated rings. The van der Waals surface area contributed by atoms with Gasteiger partial charge in [0.25, 0.3) is 0 Å². The minimum Gasteiger partial charge on any atom is -0.449 e. The number of carbonyl (C=O) groups is 3. The van der Waals surface area contributed by atoms with Crippen LogP contribution in [-0.2, 0) is 14.3 Å². The van der Waals surface area contributed by atoms with Gasteiger partial charge in [-0.25, -0.2) is 10.2 Å². The molecule has 0 aliphatic heterocycles. The number of nitrogens with one attached hydrogen (secondary N) is 1. The fraction of sp³-hybridized carbons (Fsp3) is 0.625. The minimum atomic E-state index is -0.716. The van der Waals surface area contributed by atoms with Crippen molar-refractivity contribution in [1.82, 2.24) is 10.4 Å². The molecule has 0 bridgehead atoms. The standard InChI is InChI=1S/C8H14N2O4/c1-4-14-8(13)9-10(3)7(12)5-6(2)11/h4-5H2,1-3H3,(H,9,13). The smallest absolute Gasteiger partial charge is 0.426 e. The summed E-state index contributed by atoms with van der Waals surface area (Å²) in [6.07, 6.45) is -0.949. The first-order valence-corrected chi connectivity index (χ1v) is 4.16. The van der Waals surface area contributed by atoms with Gasteiger partial charge in [-0.2, -0.15) is 0 Å². The van der Waals surface area contributed by atoms with Gasteiger partial charge in [0, 0.05) is 7.05 Å². The molecule has 14 heavy (non-hydrogen) atoms. The Morgan fingerprint density at radius 1 is 1.36 bits per heavy atom. The van der Waals surface area contributed by atoms with Gasteiger partial charge in [-0.3, -0.25) is 14.6 Å². The maximum atomic E-state index is 11.1. The van der Waals surface area contributed by atoms with Crippen molar-refractivity contribution in [2.24, 2.45) is 0 Å². The van der Waals surface area contributed by atoms with Crippen molar-refractivity contribution in [3.8, 4) is 0 Å². The van der Waals surface area contributed by atoms with E-state index < -0.39 is 12.0 Å². The molecule has 0 aromatic heterocycles. The predicted molar refractivity (Wildman–Crippen MR) is 48.2 cm³/mol. The van der Waals surface area contributed by atoms with Crippen LogP contribution >= 0.6 is 0 Å². The first-order valence-electron chi connectivity index (χ1n) is 4.16. The molecule has 80 valence electrons. The lowest BCUT2D eigenvalue weighted by atomic mass is 10.3. The van der Waals surface area contributed by atoms with Gasteiger partial charge in [0.15, 0.2) is 0 Å². The normalized spacial score (nSPS) is 9.07. The van der Waals surface area contributed by atoms with Crippen LogP contribution in [0.3, 0.4) is 0 Å². The molecule has 0 saturated carbocycles. The number of rotatable bonds is 3. The monoisotopic (exact) mass is 202 g/mol. The molecule has 6 nitrogen and oxygen atoms in total. The highest BCUT2D eigenvalue weighted by molar-refractivity contribution is 5.97. The minimum absolute atomic E-state index is 0.223. The number of ether oxygens (including phenoxy) is 1. The average molecular weight is 202 g/mol. The summed E-state index contributed by atoms with van der Waals surface area (Å²) in [5, 5.41) is 0.930. The predicted octanol–water partition coefficient (Wildman–Crippen LogP) is 0.0850. The number of ketones is 1. The Balaban J connectivity index is 3.94. The second-order valence-corrected chi connectivity index (χ2v) is 2.66. The molecule has 1 N–H and O–H groups in total. The number of hydrogen-bond acceptors (Lipinski definition) is 4. The Morgan fingerprint density at radius 2 is 1.93 bits per heavy atom. The lowest BCUT2D eigenvalue weighted by Gasteiger charge is -2.16. The summed E-state index contributed by atoms with van der Waals surface area (Å²) in [4.78, 5) is 32.5. The maximum Gasteiger partial charge on any atom is 0.426 e. The van der Waals surface area contributed by atoms with Crippen molar-refractivity contribution in [3.05, 3.63) is 0 Å². The summed E-state index contributed by atoms with van der Waals surface area (Å²) < 4.78 is 4.54. The number of Topliss-reactive ketones (excluding diaryl/α,β-unsaturated/α-hetero) is 1. The lowest BCUT2D eigenvalue weighted by Crippen LogP contribution is -2.44. The summed E-state index contributed by atoms with van der Waals surface area (Å²) in [6, 6.07) is 0. The van der Waals surface area contributed by atoms with Crippen LogP contribution in [0.15, 0.2) is 0 Å². The zero-order valence-electron chi connectivity index (χ0n) is 8.49. The largest absolute Gasteiger partial charge is 0.449 e. The van der Waals surface area contributed by atoms with E-state index in [4.69, 9.17) is 0 Å². The number of hydrogen-bond donors (Lipinski definition) is 1. The first-order chi connectivity index (χ1) is 6.47. The van der Waals surface area contributed by atoms with Crippen LogP contribution in [0.4, 0.5) is 4.79 Å². The third kappa shape index (κ3) is 5.13. The van der Waals surface area contributed by atoms with Gasteiger partial charge in [-0.15, -0.1) is 0 Å². The van der Waals surface area contributed by atoms with E-state index in [1.54, 1.807) is 6.92 Å². The van der Waals surface area contributed by atoms with Crippen LogP contribution in [0.25, 0.3) is 0 Å². The van der Waals surface area contributed by atoms with Crippen LogP contribution < -0.4 is 5.43 Å². The van der Waals surface area contributed by atoms with Crippen LogP contribution in [-0.4, -0.2) is 36.4 Å². The Hall–Kier alpha value is -1.59. The molecule has 6 heteroatoms. The van der Waals surface area contributed by atoms with Crippen molar-refractivity contribution in [3.63, 3.8) is 0 Å². The van der Waals surface area contributed by atoms with Gasteiger partial charge in [0.05, 0.1) is 13.0 Å². The van der Waals surface area contributed by atoms with Gasteiger partial charge >= 0.3 is 6.09 Å². The van der Waals surface area contributed by atoms with E-state index in [-0.39, 0.29) is 18.8 Å². The molecule has 0 aliphatic carbocycles. The Bertz CT molecular complexity index is 239. The SMILES string of the molecule is CCOC(=O)NN(C)C(=O)CC(C)=O. The van der Waals surface area contributed by atoms with Crippen LogP contribution in [0, 0.1) is 0 Å². The number of nitrogens with zero attached hydrogens (tertiary/aromatic N) is 1. The van der Waals surface area contributed by atoms with Gasteiger partial charge in [0.2, 0.25) is 5.91 Å². The Labute approximate surface area is 82.2 Å². The van der Waals surface area contributed by atoms with E-state index in [1.165, 1.54) is 14.0 Å². The van der Waals surface area contributed by atoms with Crippen molar-refractivity contribution < 1.29 is 19.1 Å². The highest BCUT2D eigenvalue weighted by atomic mass is 16.6. The quantitative estimate of drug-likeness (QED) is 0.519. The molecule has 0 rings (SSSR count). The summed E-state index contributed by atoms with van der Waals surface area (Å²) in [7, 11) is 1.35. The van der Waals surface area contributed by atoms with E-state index in [0.29, 0.717) is 0 Å². The molecule has 0 unspecified atom stereocenters. The topological polar surface area (TPSA) is 75.7 Å². The highest BCUT2D eigenvalue weighted by Crippen LogP contribution is 1.89. The summed E-state index contributed by atoms with van der Waals surface area (Å²) >= 11 is 0. The van der Waals surface area contributed by atoms with Crippen molar-refractivity contribution >= 4 is 17.8 Å². The summed E-state index contributed by atoms with van der Waals surface area (Å²) in [6.45, 7) is 3.17. The van der Waals surface area contributed by atoms with Crippen molar-refractivity contribution in [2.75, 3.05) is 13.7 Å². The zero-order chi connectivity index (χ0) is 11.1. The Kier molecular flexibility index (Phi) is 5.28. The molecule has 0 atom stereocenters. The number of carbonyl (C=O) groups excluding carboxylic acids is 3. The van der Waals surface area contributed by atoms with Crippen LogP contribution in [0.1, 0.15) is 20.3 Å². The van der Waals surface area contributed by atoms with E-state index in [0.717, 1.165) is 5.01 Å². The Morgan fingerprint density at radius 3 is 2.36 bits per heavy atom. The molecule has 2 amide bonds. The van der Waals surface area contributed by atoms with E-state index in [9.17, 15) is 14.4 Å². The first kappa shape index (κ1) is 12.4. The summed E-state index contributed by atoms with van der Waals surface area (Å²) in [5.41, 5.74) is 2.16. The average Bonchev–Trinajstić information content (AvgIpc) is 2.02. The van der Waals surface area contributed by atoms with E-state index in [2.05, 4.69) is 10.2 Å². The summed E-state index contributed by atoms with van der Waals surface area (Å²) in [5.74, 6) is -0.738. The van der Waals surface area contributed by atoms with Gasteiger partial charge in [0.1, 0.15) is 5.78 Å². The molecule has 0 aliphatic rings. The van der Waals surface area contributed by atoms with Gasteiger partial charge in [-0.05, 0) is 13.8 Å². The fourth-order valence-corrected chi connectivity index (χ4v) is 0.694. The van der Waals surface area contributed by atoms with Gasteiger partial charge in [-0.1, -0.05) is 0 Å². The van der Waals surface area contributed by atoms with Crippen LogP contribution in [0.2, 0.25) is 0 Å². The fourth-order valence-electron chi connectivity index (χ4n) is 0.694. The molecular formula is C8H14N2O4. The second-order valence-electron chi connectivity index (χ2n) is 2.66. The third-order valence-electron chi connectivity index (χ3n) is 1.31. The highest BCUT2D eigenvalue weighted by Gasteiger charge is 2.13. The zero-order valence-corrected chi connectivity index (χ0v) is 8.49. The molecule has 0 aromatic rings. The number of hydrazine groups is 1. The van der Waals surface area contributed by atoms with E-state index >= 15 is 0 Å². The second kappa shape index (κ2) is 5.95. The van der Waals surface area contributed by atoms with Crippen molar-refractivity contribution in [2.45, 2.75) is 20.3 Å². The molecular weight excluding hydrogens is 188 g/mol. The molecule has 0 aromatic carbocycles. The maximum absolute atomic E-state index is 11.1. The lowest BCUT2D eigenvalue weighted by molar-refractivity contribution is -0.135. The number of amides is 2. The third-order valence-corrected chi connectivity index (χ3v) is 1.31.